The molecule has 2 aromatic rings. The highest BCUT2D eigenvalue weighted by atomic mass is 16.3. The van der Waals surface area contributed by atoms with Gasteiger partial charge in [0.1, 0.15) is 5.75 Å². The molecule has 0 spiro atoms. The second kappa shape index (κ2) is 5.75. The second-order valence-electron chi connectivity index (χ2n) is 4.76. The van der Waals surface area contributed by atoms with Crippen LogP contribution in [0.1, 0.15) is 22.8 Å². The van der Waals surface area contributed by atoms with Gasteiger partial charge in [-0.05, 0) is 37.6 Å². The number of amides is 1. The van der Waals surface area contributed by atoms with Gasteiger partial charge in [-0.25, -0.2) is 0 Å². The summed E-state index contributed by atoms with van der Waals surface area (Å²) in [5, 5.41) is 19.6. The van der Waals surface area contributed by atoms with E-state index in [0.29, 0.717) is 12.2 Å². The average molecular weight is 286 g/mol. The lowest BCUT2D eigenvalue weighted by Gasteiger charge is -2.23. The van der Waals surface area contributed by atoms with E-state index in [9.17, 15) is 15.0 Å². The van der Waals surface area contributed by atoms with Crippen LogP contribution in [0.2, 0.25) is 0 Å². The molecular formula is C16H18N2O3. The molecule has 1 amide bonds. The summed E-state index contributed by atoms with van der Waals surface area (Å²) in [5.41, 5.74) is 7.38. The van der Waals surface area contributed by atoms with E-state index in [-0.39, 0.29) is 28.7 Å². The predicted octanol–water partition coefficient (Wildman–Crippen LogP) is 2.66. The number of rotatable bonds is 3. The Kier molecular flexibility index (Phi) is 4.03. The Morgan fingerprint density at radius 1 is 1.24 bits per heavy atom. The van der Waals surface area contributed by atoms with Crippen LogP contribution in [0.5, 0.6) is 11.5 Å². The molecule has 0 aliphatic heterocycles. The topological polar surface area (TPSA) is 86.8 Å². The third-order valence-electron chi connectivity index (χ3n) is 3.34. The Bertz CT molecular complexity index is 683. The van der Waals surface area contributed by atoms with Gasteiger partial charge in [0, 0.05) is 12.6 Å². The van der Waals surface area contributed by atoms with Crippen LogP contribution in [0.3, 0.4) is 0 Å². The first-order valence-corrected chi connectivity index (χ1v) is 6.64. The Balaban J connectivity index is 2.48. The largest absolute Gasteiger partial charge is 0.508 e. The van der Waals surface area contributed by atoms with Crippen molar-refractivity contribution in [2.75, 3.05) is 17.2 Å². The first kappa shape index (κ1) is 14.7. The third-order valence-corrected chi connectivity index (χ3v) is 3.34. The molecular weight excluding hydrogens is 268 g/mol. The molecule has 0 atom stereocenters. The fraction of sp³-hybridized carbons (Fsp3) is 0.188. The van der Waals surface area contributed by atoms with E-state index >= 15 is 0 Å². The number of para-hydroxylation sites is 1. The van der Waals surface area contributed by atoms with Gasteiger partial charge in [-0.1, -0.05) is 12.1 Å². The van der Waals surface area contributed by atoms with Gasteiger partial charge in [0.2, 0.25) is 0 Å². The zero-order chi connectivity index (χ0) is 15.6. The molecule has 0 heterocycles. The number of phenolic OH excluding ortho intramolecular Hbond substituents is 2. The molecule has 2 aromatic carbocycles. The molecule has 0 saturated heterocycles. The van der Waals surface area contributed by atoms with E-state index in [1.807, 2.05) is 13.8 Å². The van der Waals surface area contributed by atoms with Crippen LogP contribution < -0.4 is 10.6 Å². The lowest BCUT2D eigenvalue weighted by molar-refractivity contribution is 0.0985. The Labute approximate surface area is 123 Å². The smallest absolute Gasteiger partial charge is 0.262 e. The molecule has 0 radical (unpaired) electrons. The van der Waals surface area contributed by atoms with Crippen LogP contribution >= 0.6 is 0 Å². The van der Waals surface area contributed by atoms with Crippen molar-refractivity contribution in [3.05, 3.63) is 47.5 Å². The van der Waals surface area contributed by atoms with Crippen LogP contribution in [-0.4, -0.2) is 22.7 Å². The molecule has 0 saturated carbocycles. The molecule has 110 valence electrons. The van der Waals surface area contributed by atoms with Gasteiger partial charge in [0.05, 0.1) is 16.9 Å². The minimum Gasteiger partial charge on any atom is -0.508 e. The highest BCUT2D eigenvalue weighted by Crippen LogP contribution is 2.30. The van der Waals surface area contributed by atoms with Crippen molar-refractivity contribution < 1.29 is 15.0 Å². The number of anilines is 2. The van der Waals surface area contributed by atoms with Crippen molar-refractivity contribution in [2.45, 2.75) is 13.8 Å². The number of phenols is 2. The molecule has 5 nitrogen and oxygen atoms in total. The normalized spacial score (nSPS) is 10.4. The Hall–Kier alpha value is -2.69. The number of nitrogens with zero attached hydrogens (tertiary/aromatic N) is 1. The maximum atomic E-state index is 12.6. The van der Waals surface area contributed by atoms with Gasteiger partial charge in [-0.3, -0.25) is 4.79 Å². The number of hydrogen-bond donors (Lipinski definition) is 3. The van der Waals surface area contributed by atoms with Crippen LogP contribution in [-0.2, 0) is 0 Å². The van der Waals surface area contributed by atoms with Crippen molar-refractivity contribution in [1.82, 2.24) is 0 Å². The number of nitrogen functional groups attached to an aromatic ring is 1. The van der Waals surface area contributed by atoms with Crippen LogP contribution in [0.4, 0.5) is 11.4 Å². The molecule has 0 aliphatic rings. The van der Waals surface area contributed by atoms with E-state index in [2.05, 4.69) is 0 Å². The molecule has 0 unspecified atom stereocenters. The fourth-order valence-electron chi connectivity index (χ4n) is 2.19. The summed E-state index contributed by atoms with van der Waals surface area (Å²) in [6.07, 6.45) is 0. The average Bonchev–Trinajstić information content (AvgIpc) is 2.46. The van der Waals surface area contributed by atoms with Crippen molar-refractivity contribution >= 4 is 17.3 Å². The molecule has 0 fully saturated rings. The summed E-state index contributed by atoms with van der Waals surface area (Å²) >= 11 is 0. The lowest BCUT2D eigenvalue weighted by atomic mass is 10.1. The number of aromatic hydroxyl groups is 2. The molecule has 0 bridgehead atoms. The summed E-state index contributed by atoms with van der Waals surface area (Å²) in [4.78, 5) is 14.1. The minimum atomic E-state index is -0.365. The van der Waals surface area contributed by atoms with E-state index < -0.39 is 0 Å². The number of aryl methyl sites for hydroxylation is 1. The lowest BCUT2D eigenvalue weighted by Crippen LogP contribution is -2.31. The summed E-state index contributed by atoms with van der Waals surface area (Å²) in [6.45, 7) is 4.08. The molecule has 5 heteroatoms. The maximum absolute atomic E-state index is 12.6. The van der Waals surface area contributed by atoms with Gasteiger partial charge in [0.25, 0.3) is 5.91 Å². The third kappa shape index (κ3) is 2.76. The molecule has 0 aliphatic carbocycles. The van der Waals surface area contributed by atoms with Crippen LogP contribution in [0, 0.1) is 6.92 Å². The van der Waals surface area contributed by atoms with E-state index in [1.165, 1.54) is 23.1 Å². The fourth-order valence-corrected chi connectivity index (χ4v) is 2.19. The highest BCUT2D eigenvalue weighted by molar-refractivity contribution is 6.09. The SMILES string of the molecule is CCN(C(=O)c1cccc(N)c1O)c1cc(O)ccc1C. The Morgan fingerprint density at radius 3 is 2.62 bits per heavy atom. The summed E-state index contributed by atoms with van der Waals surface area (Å²) in [5.74, 6) is -0.506. The second-order valence-corrected chi connectivity index (χ2v) is 4.76. The number of carbonyl (C=O) groups excluding carboxylic acids is 1. The Morgan fingerprint density at radius 2 is 1.95 bits per heavy atom. The van der Waals surface area contributed by atoms with E-state index in [0.717, 1.165) is 5.56 Å². The zero-order valence-corrected chi connectivity index (χ0v) is 12.0. The quantitative estimate of drug-likeness (QED) is 0.598. The number of benzene rings is 2. The minimum absolute atomic E-state index is 0.0821. The number of hydrogen-bond acceptors (Lipinski definition) is 4. The summed E-state index contributed by atoms with van der Waals surface area (Å²) < 4.78 is 0. The van der Waals surface area contributed by atoms with Gasteiger partial charge < -0.3 is 20.8 Å². The molecule has 2 rings (SSSR count). The maximum Gasteiger partial charge on any atom is 0.262 e. The zero-order valence-electron chi connectivity index (χ0n) is 12.0. The van der Waals surface area contributed by atoms with Crippen molar-refractivity contribution in [1.29, 1.82) is 0 Å². The van der Waals surface area contributed by atoms with Crippen LogP contribution in [0.25, 0.3) is 0 Å². The first-order chi connectivity index (χ1) is 9.95. The van der Waals surface area contributed by atoms with Crippen molar-refractivity contribution in [3.8, 4) is 11.5 Å². The predicted molar refractivity (Wildman–Crippen MR) is 82.7 cm³/mol. The van der Waals surface area contributed by atoms with Crippen molar-refractivity contribution in [3.63, 3.8) is 0 Å². The standard InChI is InChI=1S/C16H18N2O3/c1-3-18(14-9-11(19)8-7-10(14)2)16(21)12-5-4-6-13(17)15(12)20/h4-9,19-20H,3,17H2,1-2H3. The van der Waals surface area contributed by atoms with Crippen molar-refractivity contribution in [2.24, 2.45) is 0 Å². The molecule has 21 heavy (non-hydrogen) atoms. The van der Waals surface area contributed by atoms with Gasteiger partial charge in [-0.2, -0.15) is 0 Å². The summed E-state index contributed by atoms with van der Waals surface area (Å²) in [6, 6.07) is 9.50. The monoisotopic (exact) mass is 286 g/mol. The van der Waals surface area contributed by atoms with Gasteiger partial charge in [-0.15, -0.1) is 0 Å². The van der Waals surface area contributed by atoms with E-state index in [1.54, 1.807) is 18.2 Å². The summed E-state index contributed by atoms with van der Waals surface area (Å²) in [7, 11) is 0. The van der Waals surface area contributed by atoms with E-state index in [4.69, 9.17) is 5.73 Å². The van der Waals surface area contributed by atoms with Gasteiger partial charge in [0.15, 0.2) is 5.75 Å². The molecule has 0 aromatic heterocycles. The highest BCUT2D eigenvalue weighted by Gasteiger charge is 2.21. The number of nitrogens with two attached hydrogens (primary N) is 1. The molecule has 4 N–H and O–H groups in total. The number of carbonyl (C=O) groups is 1. The first-order valence-electron chi connectivity index (χ1n) is 6.64. The van der Waals surface area contributed by atoms with Crippen LogP contribution in [0.15, 0.2) is 36.4 Å². The van der Waals surface area contributed by atoms with Gasteiger partial charge >= 0.3 is 0 Å².